The van der Waals surface area contributed by atoms with Crippen molar-refractivity contribution in [1.82, 2.24) is 19.5 Å². The first-order chi connectivity index (χ1) is 14.5. The van der Waals surface area contributed by atoms with Crippen molar-refractivity contribution in [3.8, 4) is 0 Å². The second-order valence-corrected chi connectivity index (χ2v) is 9.57. The maximum atomic E-state index is 12.3. The Morgan fingerprint density at radius 1 is 1.35 bits per heavy atom. The van der Waals surface area contributed by atoms with E-state index in [9.17, 15) is 24.8 Å². The van der Waals surface area contributed by atoms with Gasteiger partial charge in [0.2, 0.25) is 5.95 Å². The van der Waals surface area contributed by atoms with E-state index in [1.54, 1.807) is 20.8 Å². The lowest BCUT2D eigenvalue weighted by atomic mass is 10.0. The van der Waals surface area contributed by atoms with Crippen LogP contribution in [0.3, 0.4) is 0 Å². The SMILES string of the molecule is CCC(O)P(=O)(O)OC(C)(CC)CCO[C@H]([C@H](O)CO)n1cnc2c(Cl)nc(N)nc21. The van der Waals surface area contributed by atoms with Crippen LogP contribution in [-0.2, 0) is 13.8 Å². The number of aliphatic hydroxyl groups is 3. The van der Waals surface area contributed by atoms with Gasteiger partial charge in [-0.1, -0.05) is 25.4 Å². The van der Waals surface area contributed by atoms with Crippen molar-refractivity contribution >= 4 is 36.3 Å². The van der Waals surface area contributed by atoms with Gasteiger partial charge in [-0.15, -0.1) is 0 Å². The van der Waals surface area contributed by atoms with E-state index in [0.717, 1.165) is 0 Å². The Morgan fingerprint density at radius 3 is 2.61 bits per heavy atom. The van der Waals surface area contributed by atoms with E-state index in [-0.39, 0.29) is 41.7 Å². The average Bonchev–Trinajstić information content (AvgIpc) is 3.13. The summed E-state index contributed by atoms with van der Waals surface area (Å²) in [7, 11) is -4.25. The molecule has 0 aliphatic heterocycles. The van der Waals surface area contributed by atoms with E-state index >= 15 is 0 Å². The van der Waals surface area contributed by atoms with Crippen LogP contribution in [0.4, 0.5) is 5.95 Å². The number of hydrogen-bond donors (Lipinski definition) is 5. The fourth-order valence-corrected chi connectivity index (χ4v) is 4.50. The van der Waals surface area contributed by atoms with Crippen LogP contribution < -0.4 is 5.73 Å². The number of nitrogens with two attached hydrogens (primary N) is 1. The molecular weight excluding hydrogens is 453 g/mol. The van der Waals surface area contributed by atoms with Crippen LogP contribution in [0, 0.1) is 0 Å². The third-order valence-electron chi connectivity index (χ3n) is 4.95. The number of nitrogen functional groups attached to an aromatic ring is 1. The molecule has 0 fully saturated rings. The third-order valence-corrected chi connectivity index (χ3v) is 7.03. The van der Waals surface area contributed by atoms with Crippen LogP contribution in [0.1, 0.15) is 46.3 Å². The second-order valence-electron chi connectivity index (χ2n) is 7.31. The first kappa shape index (κ1) is 25.9. The number of halogens is 1. The summed E-state index contributed by atoms with van der Waals surface area (Å²) in [5.74, 6) is -1.59. The maximum Gasteiger partial charge on any atom is 0.356 e. The Hall–Kier alpha value is -1.37. The van der Waals surface area contributed by atoms with Gasteiger partial charge in [0.1, 0.15) is 11.6 Å². The zero-order valence-electron chi connectivity index (χ0n) is 17.5. The molecule has 0 amide bonds. The maximum absolute atomic E-state index is 12.3. The van der Waals surface area contributed by atoms with Crippen LogP contribution >= 0.6 is 19.2 Å². The smallest absolute Gasteiger partial charge is 0.356 e. The van der Waals surface area contributed by atoms with Crippen LogP contribution in [-0.4, -0.2) is 70.5 Å². The number of aliphatic hydroxyl groups excluding tert-OH is 3. The Kier molecular flexibility index (Phi) is 8.77. The Labute approximate surface area is 184 Å². The zero-order chi connectivity index (χ0) is 23.4. The molecule has 0 aromatic carbocycles. The fourth-order valence-electron chi connectivity index (χ4n) is 2.84. The molecule has 176 valence electrons. The lowest BCUT2D eigenvalue weighted by Crippen LogP contribution is -2.33. The third kappa shape index (κ3) is 6.11. The van der Waals surface area contributed by atoms with Crippen molar-refractivity contribution in [2.75, 3.05) is 18.9 Å². The fraction of sp³-hybridized carbons (Fsp3) is 0.706. The summed E-state index contributed by atoms with van der Waals surface area (Å²) in [5.41, 5.74) is 5.01. The van der Waals surface area contributed by atoms with Crippen LogP contribution in [0.15, 0.2) is 6.33 Å². The summed E-state index contributed by atoms with van der Waals surface area (Å²) in [6.45, 7) is 4.32. The van der Waals surface area contributed by atoms with Crippen molar-refractivity contribution < 1.29 is 34.0 Å². The molecule has 2 aromatic rings. The molecule has 0 saturated heterocycles. The van der Waals surface area contributed by atoms with Gasteiger partial charge in [-0.25, -0.2) is 4.98 Å². The van der Waals surface area contributed by atoms with Gasteiger partial charge in [-0.3, -0.25) is 9.13 Å². The molecule has 2 aromatic heterocycles. The summed E-state index contributed by atoms with van der Waals surface area (Å²) in [4.78, 5) is 22.0. The minimum Gasteiger partial charge on any atom is -0.394 e. The normalized spacial score (nSPS) is 19.0. The Balaban J connectivity index is 2.20. The van der Waals surface area contributed by atoms with Crippen molar-refractivity contribution in [1.29, 1.82) is 0 Å². The highest BCUT2D eigenvalue weighted by Gasteiger charge is 2.38. The molecule has 0 aliphatic rings. The summed E-state index contributed by atoms with van der Waals surface area (Å²) < 4.78 is 24.8. The molecule has 3 unspecified atom stereocenters. The van der Waals surface area contributed by atoms with E-state index < -0.39 is 38.0 Å². The molecule has 2 rings (SSSR count). The Bertz CT molecular complexity index is 932. The van der Waals surface area contributed by atoms with Gasteiger partial charge in [-0.2, -0.15) is 9.97 Å². The number of hydrogen-bond acceptors (Lipinski definition) is 10. The van der Waals surface area contributed by atoms with E-state index in [1.807, 2.05) is 0 Å². The quantitative estimate of drug-likeness (QED) is 0.218. The van der Waals surface area contributed by atoms with Crippen LogP contribution in [0.25, 0.3) is 11.2 Å². The lowest BCUT2D eigenvalue weighted by Gasteiger charge is -2.33. The highest BCUT2D eigenvalue weighted by atomic mass is 35.5. The molecule has 2 heterocycles. The van der Waals surface area contributed by atoms with Crippen molar-refractivity contribution in [2.24, 2.45) is 0 Å². The number of anilines is 1. The zero-order valence-corrected chi connectivity index (χ0v) is 19.2. The van der Waals surface area contributed by atoms with Gasteiger partial charge in [0.25, 0.3) is 0 Å². The first-order valence-electron chi connectivity index (χ1n) is 9.75. The van der Waals surface area contributed by atoms with Gasteiger partial charge < -0.3 is 35.2 Å². The molecule has 0 bridgehead atoms. The van der Waals surface area contributed by atoms with Gasteiger partial charge in [0.05, 0.1) is 25.1 Å². The van der Waals surface area contributed by atoms with Gasteiger partial charge >= 0.3 is 7.60 Å². The standard InChI is InChI=1S/C17H29ClN5O7P/c1-4-11(26)31(27,28)30-17(3,5-2)6-7-29-15(10(25)8-24)23-9-20-12-13(18)21-16(19)22-14(12)23/h9-11,15,24-26H,4-8H2,1-3H3,(H,27,28)(H2,19,21,22)/t10-,11?,15-,17?/m1/s1. The van der Waals surface area contributed by atoms with Crippen molar-refractivity contribution in [2.45, 2.75) is 63.8 Å². The average molecular weight is 482 g/mol. The first-order valence-corrected chi connectivity index (χ1v) is 11.8. The van der Waals surface area contributed by atoms with Gasteiger partial charge in [-0.05, 0) is 19.8 Å². The lowest BCUT2D eigenvalue weighted by molar-refractivity contribution is -0.107. The van der Waals surface area contributed by atoms with Crippen molar-refractivity contribution in [3.63, 3.8) is 0 Å². The van der Waals surface area contributed by atoms with E-state index in [2.05, 4.69) is 15.0 Å². The number of aromatic nitrogens is 4. The molecular formula is C17H29ClN5O7P. The molecule has 31 heavy (non-hydrogen) atoms. The van der Waals surface area contributed by atoms with E-state index in [4.69, 9.17) is 26.6 Å². The molecule has 6 N–H and O–H groups in total. The number of ether oxygens (including phenoxy) is 1. The summed E-state index contributed by atoms with van der Waals surface area (Å²) in [5, 5.41) is 29.5. The van der Waals surface area contributed by atoms with Crippen LogP contribution in [0.5, 0.6) is 0 Å². The number of imidazole rings is 1. The number of rotatable bonds is 12. The number of nitrogens with zero attached hydrogens (tertiary/aromatic N) is 4. The van der Waals surface area contributed by atoms with Crippen LogP contribution in [0.2, 0.25) is 5.15 Å². The van der Waals surface area contributed by atoms with Crippen molar-refractivity contribution in [3.05, 3.63) is 11.5 Å². The van der Waals surface area contributed by atoms with E-state index in [1.165, 1.54) is 10.9 Å². The summed E-state index contributed by atoms with van der Waals surface area (Å²) in [6.07, 6.45) is -0.545. The van der Waals surface area contributed by atoms with Gasteiger partial charge in [0, 0.05) is 6.42 Å². The minimum absolute atomic E-state index is 0.0255. The molecule has 0 saturated carbocycles. The molecule has 0 radical (unpaired) electrons. The summed E-state index contributed by atoms with van der Waals surface area (Å²) in [6, 6.07) is 0. The highest BCUT2D eigenvalue weighted by Crippen LogP contribution is 2.52. The molecule has 12 nitrogen and oxygen atoms in total. The number of fused-ring (bicyclic) bond motifs is 1. The molecule has 5 atom stereocenters. The topological polar surface area (TPSA) is 186 Å². The summed E-state index contributed by atoms with van der Waals surface area (Å²) >= 11 is 6.03. The Morgan fingerprint density at radius 2 is 2.03 bits per heavy atom. The minimum atomic E-state index is -4.25. The molecule has 14 heteroatoms. The second kappa shape index (κ2) is 10.5. The molecule has 0 aliphatic carbocycles. The largest absolute Gasteiger partial charge is 0.394 e. The highest BCUT2D eigenvalue weighted by molar-refractivity contribution is 7.53. The van der Waals surface area contributed by atoms with E-state index in [0.29, 0.717) is 6.42 Å². The predicted octanol–water partition coefficient (Wildman–Crippen LogP) is 1.42. The van der Waals surface area contributed by atoms with Gasteiger partial charge in [0.15, 0.2) is 22.9 Å². The molecule has 0 spiro atoms. The monoisotopic (exact) mass is 481 g/mol. The predicted molar refractivity (Wildman–Crippen MR) is 113 cm³/mol.